The first kappa shape index (κ1) is 15.0. The van der Waals surface area contributed by atoms with Gasteiger partial charge in [-0.1, -0.05) is 0 Å². The second-order valence-electron chi connectivity index (χ2n) is 3.74. The lowest BCUT2D eigenvalue weighted by molar-refractivity contribution is -0.160. The number of carbonyl (C=O) groups excluding carboxylic acids is 1. The van der Waals surface area contributed by atoms with Crippen LogP contribution in [-0.4, -0.2) is 37.6 Å². The Balaban J connectivity index is 3.81. The lowest BCUT2D eigenvalue weighted by Crippen LogP contribution is -2.41. The van der Waals surface area contributed by atoms with Crippen molar-refractivity contribution in [2.24, 2.45) is 0 Å². The third-order valence-corrected chi connectivity index (χ3v) is 1.56. The van der Waals surface area contributed by atoms with Gasteiger partial charge in [-0.25, -0.2) is 4.79 Å². The first-order valence-electron chi connectivity index (χ1n) is 4.77. The molecule has 0 atom stereocenters. The summed E-state index contributed by atoms with van der Waals surface area (Å²) in [5.41, 5.74) is -0.633. The van der Waals surface area contributed by atoms with Crippen molar-refractivity contribution in [1.82, 2.24) is 5.32 Å². The Morgan fingerprint density at radius 2 is 1.88 bits per heavy atom. The summed E-state index contributed by atoms with van der Waals surface area (Å²) in [4.78, 5) is 10.9. The van der Waals surface area contributed by atoms with Crippen LogP contribution in [0.25, 0.3) is 0 Å². The summed E-state index contributed by atoms with van der Waals surface area (Å²) in [6, 6.07) is 0. The predicted molar refractivity (Wildman–Crippen MR) is 51.1 cm³/mol. The highest BCUT2D eigenvalue weighted by atomic mass is 19.4. The van der Waals surface area contributed by atoms with Gasteiger partial charge in [-0.3, -0.25) is 0 Å². The number of hydrogen-bond acceptors (Lipinski definition) is 3. The summed E-state index contributed by atoms with van der Waals surface area (Å²) in [7, 11) is 0. The molecule has 0 rings (SSSR count). The molecule has 1 N–H and O–H groups in total. The Kier molecular flexibility index (Phi) is 5.57. The summed E-state index contributed by atoms with van der Waals surface area (Å²) in [6.45, 7) is 4.14. The number of alkyl carbamates (subject to hydrolysis) is 1. The molecule has 0 heterocycles. The van der Waals surface area contributed by atoms with Crippen LogP contribution >= 0.6 is 0 Å². The van der Waals surface area contributed by atoms with Crippen LogP contribution in [0.4, 0.5) is 18.0 Å². The Morgan fingerprint density at radius 3 is 2.31 bits per heavy atom. The highest BCUT2D eigenvalue weighted by Gasteiger charge is 2.30. The highest BCUT2D eigenvalue weighted by molar-refractivity contribution is 5.67. The summed E-state index contributed by atoms with van der Waals surface area (Å²) < 4.78 is 44.2. The molecule has 1 amide bonds. The fourth-order valence-corrected chi connectivity index (χ4v) is 0.925. The van der Waals surface area contributed by atoms with Crippen molar-refractivity contribution in [3.05, 3.63) is 0 Å². The zero-order valence-electron chi connectivity index (χ0n) is 9.48. The van der Waals surface area contributed by atoms with E-state index in [1.54, 1.807) is 20.8 Å². The maximum atomic E-state index is 11.7. The topological polar surface area (TPSA) is 47.6 Å². The minimum Gasteiger partial charge on any atom is -0.440 e. The highest BCUT2D eigenvalue weighted by Crippen LogP contribution is 2.14. The van der Waals surface area contributed by atoms with E-state index in [1.807, 2.05) is 0 Å². The number of alkyl halides is 3. The molecule has 0 saturated carbocycles. The first-order valence-corrected chi connectivity index (χ1v) is 4.77. The predicted octanol–water partition coefficient (Wildman–Crippen LogP) is 2.09. The number of halogens is 3. The van der Waals surface area contributed by atoms with Crippen molar-refractivity contribution in [1.29, 1.82) is 0 Å². The first-order chi connectivity index (χ1) is 7.16. The van der Waals surface area contributed by atoms with Gasteiger partial charge in [0, 0.05) is 13.2 Å². The molecule has 0 aromatic carbocycles. The van der Waals surface area contributed by atoms with E-state index in [0.29, 0.717) is 6.61 Å². The fraction of sp³-hybridized carbons (Fsp3) is 0.889. The maximum Gasteiger partial charge on any atom is 0.422 e. The molecule has 0 aromatic rings. The molecule has 0 unspecified atom stereocenters. The number of rotatable bonds is 5. The van der Waals surface area contributed by atoms with Crippen molar-refractivity contribution in [2.45, 2.75) is 32.5 Å². The van der Waals surface area contributed by atoms with Crippen molar-refractivity contribution in [3.63, 3.8) is 0 Å². The number of ether oxygens (including phenoxy) is 2. The molecule has 0 spiro atoms. The Labute approximate surface area is 92.1 Å². The zero-order chi connectivity index (χ0) is 12.8. The summed E-state index contributed by atoms with van der Waals surface area (Å²) in [5.74, 6) is 0. The van der Waals surface area contributed by atoms with Gasteiger partial charge in [0.05, 0.1) is 5.60 Å². The second kappa shape index (κ2) is 5.93. The third kappa shape index (κ3) is 8.34. The van der Waals surface area contributed by atoms with Crippen LogP contribution in [0.3, 0.4) is 0 Å². The number of amides is 1. The van der Waals surface area contributed by atoms with Crippen molar-refractivity contribution in [3.8, 4) is 0 Å². The van der Waals surface area contributed by atoms with Crippen LogP contribution in [-0.2, 0) is 9.47 Å². The molecule has 7 heteroatoms. The minimum absolute atomic E-state index is 0.0809. The van der Waals surface area contributed by atoms with Gasteiger partial charge in [-0.15, -0.1) is 0 Å². The lowest BCUT2D eigenvalue weighted by atomic mass is 10.1. The molecule has 0 aliphatic rings. The van der Waals surface area contributed by atoms with E-state index in [0.717, 1.165) is 0 Å². The normalized spacial score (nSPS) is 12.4. The van der Waals surface area contributed by atoms with Gasteiger partial charge in [0.1, 0.15) is 0 Å². The molecule has 0 fully saturated rings. The van der Waals surface area contributed by atoms with Crippen LogP contribution < -0.4 is 5.32 Å². The van der Waals surface area contributed by atoms with Crippen molar-refractivity contribution in [2.75, 3.05) is 19.8 Å². The quantitative estimate of drug-likeness (QED) is 0.804. The molecule has 0 aliphatic carbocycles. The van der Waals surface area contributed by atoms with Crippen LogP contribution in [0, 0.1) is 0 Å². The molecule has 16 heavy (non-hydrogen) atoms. The fourth-order valence-electron chi connectivity index (χ4n) is 0.925. The van der Waals surface area contributed by atoms with Crippen LogP contribution in [0.5, 0.6) is 0 Å². The van der Waals surface area contributed by atoms with E-state index in [2.05, 4.69) is 10.1 Å². The van der Waals surface area contributed by atoms with E-state index >= 15 is 0 Å². The van der Waals surface area contributed by atoms with Crippen molar-refractivity contribution >= 4 is 6.09 Å². The molecule has 96 valence electrons. The van der Waals surface area contributed by atoms with Gasteiger partial charge in [-0.2, -0.15) is 13.2 Å². The number of hydrogen-bond donors (Lipinski definition) is 1. The molecule has 0 saturated heterocycles. The van der Waals surface area contributed by atoms with Gasteiger partial charge in [0.2, 0.25) is 0 Å². The van der Waals surface area contributed by atoms with E-state index in [-0.39, 0.29) is 6.54 Å². The summed E-state index contributed by atoms with van der Waals surface area (Å²) >= 11 is 0. The largest absolute Gasteiger partial charge is 0.440 e. The molecular formula is C9H16F3NO3. The van der Waals surface area contributed by atoms with E-state index < -0.39 is 24.5 Å². The Morgan fingerprint density at radius 1 is 1.31 bits per heavy atom. The van der Waals surface area contributed by atoms with E-state index in [9.17, 15) is 18.0 Å². The minimum atomic E-state index is -4.51. The summed E-state index contributed by atoms with van der Waals surface area (Å²) in [6.07, 6.45) is -5.61. The molecular weight excluding hydrogens is 227 g/mol. The third-order valence-electron chi connectivity index (χ3n) is 1.56. The molecule has 0 radical (unpaired) electrons. The monoisotopic (exact) mass is 243 g/mol. The standard InChI is InChI=1S/C9H16F3NO3/c1-4-16-8(2,3)5-13-7(14)15-6-9(10,11)12/h4-6H2,1-3H3,(H,13,14). The Hall–Kier alpha value is -0.980. The number of carbonyl (C=O) groups is 1. The smallest absolute Gasteiger partial charge is 0.422 e. The van der Waals surface area contributed by atoms with Crippen molar-refractivity contribution < 1.29 is 27.4 Å². The van der Waals surface area contributed by atoms with E-state index in [1.165, 1.54) is 0 Å². The van der Waals surface area contributed by atoms with Gasteiger partial charge in [0.15, 0.2) is 6.61 Å². The van der Waals surface area contributed by atoms with Crippen LogP contribution in [0.15, 0.2) is 0 Å². The molecule has 0 bridgehead atoms. The van der Waals surface area contributed by atoms with Gasteiger partial charge >= 0.3 is 12.3 Å². The van der Waals surface area contributed by atoms with Gasteiger partial charge in [0.25, 0.3) is 0 Å². The summed E-state index contributed by atoms with van der Waals surface area (Å²) in [5, 5.41) is 2.19. The van der Waals surface area contributed by atoms with E-state index in [4.69, 9.17) is 4.74 Å². The average molecular weight is 243 g/mol. The van der Waals surface area contributed by atoms with Crippen LogP contribution in [0.1, 0.15) is 20.8 Å². The molecule has 0 aliphatic heterocycles. The zero-order valence-corrected chi connectivity index (χ0v) is 9.48. The molecule has 4 nitrogen and oxygen atoms in total. The lowest BCUT2D eigenvalue weighted by Gasteiger charge is -2.24. The maximum absolute atomic E-state index is 11.7. The number of nitrogens with one attached hydrogen (secondary N) is 1. The Bertz CT molecular complexity index is 229. The average Bonchev–Trinajstić information content (AvgIpc) is 2.10. The van der Waals surface area contributed by atoms with Gasteiger partial charge < -0.3 is 14.8 Å². The second-order valence-corrected chi connectivity index (χ2v) is 3.74. The van der Waals surface area contributed by atoms with Crippen LogP contribution in [0.2, 0.25) is 0 Å². The molecule has 0 aromatic heterocycles. The van der Waals surface area contributed by atoms with Gasteiger partial charge in [-0.05, 0) is 20.8 Å². The SMILES string of the molecule is CCOC(C)(C)CNC(=O)OCC(F)(F)F.